The van der Waals surface area contributed by atoms with Gasteiger partial charge in [0.25, 0.3) is 0 Å². The molecular weight excluding hydrogens is 328 g/mol. The third-order valence-electron chi connectivity index (χ3n) is 5.15. The van der Waals surface area contributed by atoms with E-state index in [1.807, 2.05) is 36.4 Å². The lowest BCUT2D eigenvalue weighted by molar-refractivity contribution is -0.128. The molecule has 1 amide bonds. The van der Waals surface area contributed by atoms with E-state index in [0.717, 1.165) is 42.8 Å². The Morgan fingerprint density at radius 1 is 1.08 bits per heavy atom. The summed E-state index contributed by atoms with van der Waals surface area (Å²) in [7, 11) is 3.25. The predicted octanol–water partition coefficient (Wildman–Crippen LogP) is 2.64. The number of hydrogen-bond acceptors (Lipinski definition) is 4. The molecule has 1 aliphatic heterocycles. The summed E-state index contributed by atoms with van der Waals surface area (Å²) in [5.74, 6) is 1.52. The summed E-state index contributed by atoms with van der Waals surface area (Å²) in [5, 5.41) is 6.49. The first-order chi connectivity index (χ1) is 12.7. The van der Waals surface area contributed by atoms with Crippen LogP contribution in [-0.4, -0.2) is 33.2 Å². The van der Waals surface area contributed by atoms with Crippen molar-refractivity contribution in [3.8, 4) is 11.5 Å². The zero-order valence-electron chi connectivity index (χ0n) is 15.4. The molecule has 2 aromatic rings. The second kappa shape index (κ2) is 8.23. The summed E-state index contributed by atoms with van der Waals surface area (Å²) in [4.78, 5) is 13.2. The maximum Gasteiger partial charge on any atom is 0.231 e. The Morgan fingerprint density at radius 2 is 1.81 bits per heavy atom. The summed E-state index contributed by atoms with van der Waals surface area (Å²) < 4.78 is 10.7. The van der Waals surface area contributed by atoms with Crippen LogP contribution in [0, 0.1) is 0 Å². The molecule has 5 nitrogen and oxygen atoms in total. The number of piperidine rings is 1. The van der Waals surface area contributed by atoms with Crippen molar-refractivity contribution in [3.05, 3.63) is 59.7 Å². The Hall–Kier alpha value is -2.53. The highest BCUT2D eigenvalue weighted by Gasteiger charge is 2.40. The maximum absolute atomic E-state index is 13.2. The van der Waals surface area contributed by atoms with Gasteiger partial charge < -0.3 is 20.1 Å². The molecule has 0 aromatic heterocycles. The van der Waals surface area contributed by atoms with Crippen LogP contribution < -0.4 is 20.1 Å². The average molecular weight is 354 g/mol. The van der Waals surface area contributed by atoms with E-state index in [2.05, 4.69) is 22.8 Å². The van der Waals surface area contributed by atoms with Crippen molar-refractivity contribution in [2.75, 3.05) is 27.3 Å². The minimum atomic E-state index is -0.480. The highest BCUT2D eigenvalue weighted by Crippen LogP contribution is 2.34. The van der Waals surface area contributed by atoms with Crippen molar-refractivity contribution in [2.24, 2.45) is 0 Å². The van der Waals surface area contributed by atoms with Crippen LogP contribution in [0.25, 0.3) is 0 Å². The number of carbonyl (C=O) groups is 1. The van der Waals surface area contributed by atoms with Gasteiger partial charge in [-0.05, 0) is 43.6 Å². The molecule has 2 N–H and O–H groups in total. The average Bonchev–Trinajstić information content (AvgIpc) is 2.73. The molecule has 138 valence electrons. The van der Waals surface area contributed by atoms with E-state index in [4.69, 9.17) is 9.47 Å². The molecule has 0 aliphatic carbocycles. The third kappa shape index (κ3) is 3.68. The van der Waals surface area contributed by atoms with Gasteiger partial charge in [-0.2, -0.15) is 0 Å². The van der Waals surface area contributed by atoms with Crippen LogP contribution in [-0.2, 0) is 16.8 Å². The number of nitrogens with one attached hydrogen (secondary N) is 2. The first-order valence-electron chi connectivity index (χ1n) is 8.95. The van der Waals surface area contributed by atoms with Gasteiger partial charge in [0.15, 0.2) is 0 Å². The van der Waals surface area contributed by atoms with Gasteiger partial charge in [0.2, 0.25) is 5.91 Å². The number of carbonyl (C=O) groups excluding carboxylic acids is 1. The molecule has 0 spiro atoms. The van der Waals surface area contributed by atoms with E-state index in [1.54, 1.807) is 14.2 Å². The highest BCUT2D eigenvalue weighted by atomic mass is 16.5. The van der Waals surface area contributed by atoms with Crippen molar-refractivity contribution in [1.29, 1.82) is 0 Å². The number of ether oxygens (including phenoxy) is 2. The molecule has 0 radical (unpaired) electrons. The smallest absolute Gasteiger partial charge is 0.231 e. The summed E-state index contributed by atoms with van der Waals surface area (Å²) in [6, 6.07) is 15.7. The van der Waals surface area contributed by atoms with Gasteiger partial charge in [-0.3, -0.25) is 4.79 Å². The van der Waals surface area contributed by atoms with Gasteiger partial charge in [-0.1, -0.05) is 30.3 Å². The van der Waals surface area contributed by atoms with E-state index < -0.39 is 5.41 Å². The van der Waals surface area contributed by atoms with Crippen LogP contribution >= 0.6 is 0 Å². The van der Waals surface area contributed by atoms with Gasteiger partial charge >= 0.3 is 0 Å². The van der Waals surface area contributed by atoms with Crippen molar-refractivity contribution in [1.82, 2.24) is 10.6 Å². The summed E-state index contributed by atoms with van der Waals surface area (Å²) in [6.45, 7) is 2.11. The summed E-state index contributed by atoms with van der Waals surface area (Å²) in [6.07, 6.45) is 1.59. The molecule has 0 unspecified atom stereocenters. The van der Waals surface area contributed by atoms with Crippen molar-refractivity contribution in [2.45, 2.75) is 24.8 Å². The topological polar surface area (TPSA) is 59.6 Å². The number of rotatable bonds is 6. The fourth-order valence-electron chi connectivity index (χ4n) is 3.60. The van der Waals surface area contributed by atoms with E-state index in [9.17, 15) is 4.79 Å². The Balaban J connectivity index is 1.79. The second-order valence-electron chi connectivity index (χ2n) is 6.56. The Kier molecular flexibility index (Phi) is 5.78. The van der Waals surface area contributed by atoms with Gasteiger partial charge in [0.05, 0.1) is 19.6 Å². The monoisotopic (exact) mass is 354 g/mol. The van der Waals surface area contributed by atoms with Crippen molar-refractivity contribution < 1.29 is 14.3 Å². The normalized spacial score (nSPS) is 15.9. The van der Waals surface area contributed by atoms with Gasteiger partial charge in [0.1, 0.15) is 11.5 Å². The van der Waals surface area contributed by atoms with E-state index in [1.165, 1.54) is 0 Å². The zero-order chi connectivity index (χ0) is 18.4. The van der Waals surface area contributed by atoms with E-state index in [0.29, 0.717) is 12.3 Å². The molecule has 1 saturated heterocycles. The lowest BCUT2D eigenvalue weighted by atomic mass is 9.72. The molecule has 0 bridgehead atoms. The molecule has 26 heavy (non-hydrogen) atoms. The maximum atomic E-state index is 13.2. The Bertz CT molecular complexity index is 740. The lowest BCUT2D eigenvalue weighted by Gasteiger charge is -2.36. The van der Waals surface area contributed by atoms with Crippen LogP contribution in [0.15, 0.2) is 48.5 Å². The van der Waals surface area contributed by atoms with Crippen LogP contribution in [0.2, 0.25) is 0 Å². The standard InChI is InChI=1S/C21H26N2O3/c1-25-18-9-8-16(19(14-18)26-2)15-23-20(24)21(10-12-22-13-11-21)17-6-4-3-5-7-17/h3-9,14,22H,10-13,15H2,1-2H3,(H,23,24). The van der Waals surface area contributed by atoms with Gasteiger partial charge in [0, 0.05) is 18.2 Å². The fraction of sp³-hybridized carbons (Fsp3) is 0.381. The highest BCUT2D eigenvalue weighted by molar-refractivity contribution is 5.88. The Labute approximate surface area is 154 Å². The summed E-state index contributed by atoms with van der Waals surface area (Å²) in [5.41, 5.74) is 1.53. The molecular formula is C21H26N2O3. The molecule has 1 heterocycles. The number of methoxy groups -OCH3 is 2. The van der Waals surface area contributed by atoms with Crippen LogP contribution in [0.3, 0.4) is 0 Å². The first-order valence-corrected chi connectivity index (χ1v) is 8.95. The largest absolute Gasteiger partial charge is 0.497 e. The quantitative estimate of drug-likeness (QED) is 0.837. The van der Waals surface area contributed by atoms with Crippen LogP contribution in [0.1, 0.15) is 24.0 Å². The minimum Gasteiger partial charge on any atom is -0.497 e. The molecule has 0 saturated carbocycles. The molecule has 0 atom stereocenters. The van der Waals surface area contributed by atoms with Crippen LogP contribution in [0.5, 0.6) is 11.5 Å². The number of benzene rings is 2. The van der Waals surface area contributed by atoms with Crippen molar-refractivity contribution in [3.63, 3.8) is 0 Å². The SMILES string of the molecule is COc1ccc(CNC(=O)C2(c3ccccc3)CCNCC2)c(OC)c1. The predicted molar refractivity (Wildman–Crippen MR) is 102 cm³/mol. The van der Waals surface area contributed by atoms with Gasteiger partial charge in [-0.25, -0.2) is 0 Å². The second-order valence-corrected chi connectivity index (χ2v) is 6.56. The molecule has 1 fully saturated rings. The van der Waals surface area contributed by atoms with Crippen molar-refractivity contribution >= 4 is 5.91 Å². The van der Waals surface area contributed by atoms with Gasteiger partial charge in [-0.15, -0.1) is 0 Å². The molecule has 3 rings (SSSR count). The van der Waals surface area contributed by atoms with Crippen LogP contribution in [0.4, 0.5) is 0 Å². The summed E-state index contributed by atoms with van der Waals surface area (Å²) >= 11 is 0. The molecule has 1 aliphatic rings. The fourth-order valence-corrected chi connectivity index (χ4v) is 3.60. The van der Waals surface area contributed by atoms with E-state index >= 15 is 0 Å². The first kappa shape index (κ1) is 18.3. The molecule has 2 aromatic carbocycles. The Morgan fingerprint density at radius 3 is 2.46 bits per heavy atom. The zero-order valence-corrected chi connectivity index (χ0v) is 15.4. The minimum absolute atomic E-state index is 0.0723. The number of amides is 1. The molecule has 5 heteroatoms. The number of hydrogen-bond donors (Lipinski definition) is 2. The third-order valence-corrected chi connectivity index (χ3v) is 5.15. The van der Waals surface area contributed by atoms with E-state index in [-0.39, 0.29) is 5.91 Å². The lowest BCUT2D eigenvalue weighted by Crippen LogP contribution is -2.50.